The minimum Gasteiger partial charge on any atom is -0.476 e. The average Bonchev–Trinajstić information content (AvgIpc) is 3.42. The molecular formula is C24H34FN7O3. The Balaban J connectivity index is 1.73. The third-order valence-corrected chi connectivity index (χ3v) is 5.26. The molecule has 3 heterocycles. The highest BCUT2D eigenvalue weighted by Crippen LogP contribution is 2.27. The Morgan fingerprint density at radius 2 is 2.26 bits per heavy atom. The van der Waals surface area contributed by atoms with E-state index >= 15 is 0 Å². The lowest BCUT2D eigenvalue weighted by Gasteiger charge is -2.28. The summed E-state index contributed by atoms with van der Waals surface area (Å²) in [5.74, 6) is 0.504. The van der Waals surface area contributed by atoms with Gasteiger partial charge in [0.1, 0.15) is 23.3 Å². The number of fused-ring (bicyclic) bond motifs is 1. The number of nitrogen functional groups attached to an aromatic ring is 1. The molecular weight excluding hydrogens is 453 g/mol. The highest BCUT2D eigenvalue weighted by atomic mass is 19.1. The highest BCUT2D eigenvalue weighted by molar-refractivity contribution is 5.86. The molecule has 1 unspecified atom stereocenters. The second kappa shape index (κ2) is 11.2. The molecule has 0 bridgehead atoms. The summed E-state index contributed by atoms with van der Waals surface area (Å²) in [6.45, 7) is 11.8. The van der Waals surface area contributed by atoms with E-state index in [0.717, 1.165) is 31.7 Å². The fourth-order valence-electron chi connectivity index (χ4n) is 3.66. The number of amides is 1. The summed E-state index contributed by atoms with van der Waals surface area (Å²) in [6, 6.07) is 1.60. The number of halogens is 1. The van der Waals surface area contributed by atoms with E-state index in [0.29, 0.717) is 36.0 Å². The Morgan fingerprint density at radius 3 is 2.97 bits per heavy atom. The van der Waals surface area contributed by atoms with Crippen molar-refractivity contribution in [3.8, 4) is 0 Å². The number of aromatic nitrogens is 3. The van der Waals surface area contributed by atoms with E-state index in [9.17, 15) is 9.18 Å². The number of carbonyl (C=O) groups excluding carboxylic acids is 1. The summed E-state index contributed by atoms with van der Waals surface area (Å²) < 4.78 is 26.8. The predicted octanol–water partition coefficient (Wildman–Crippen LogP) is 4.00. The maximum Gasteiger partial charge on any atom is 0.407 e. The third kappa shape index (κ3) is 7.17. The number of nitrogens with one attached hydrogen (secondary N) is 1. The highest BCUT2D eigenvalue weighted by Gasteiger charge is 2.32. The Morgan fingerprint density at radius 1 is 1.49 bits per heavy atom. The van der Waals surface area contributed by atoms with Gasteiger partial charge in [0.15, 0.2) is 5.65 Å². The third-order valence-electron chi connectivity index (χ3n) is 5.26. The van der Waals surface area contributed by atoms with Gasteiger partial charge in [-0.15, -0.1) is 0 Å². The molecule has 0 aliphatic carbocycles. The van der Waals surface area contributed by atoms with Crippen LogP contribution >= 0.6 is 0 Å². The maximum absolute atomic E-state index is 13.8. The van der Waals surface area contributed by atoms with E-state index in [1.807, 2.05) is 13.0 Å². The lowest BCUT2D eigenvalue weighted by molar-refractivity contribution is 0.0521. The van der Waals surface area contributed by atoms with Crippen LogP contribution in [0.25, 0.3) is 5.65 Å². The number of hydrogen-bond donors (Lipinski definition) is 2. The Bertz CT molecular complexity index is 1110. The summed E-state index contributed by atoms with van der Waals surface area (Å²) in [4.78, 5) is 22.9. The SMILES string of the molecule is C=C/C(F)=C\N=C(\O[C@@H](C)CCNC(=O)OC(C)(C)C)C1CCCN1c1ccn2ncc(N)c2n1. The quantitative estimate of drug-likeness (QED) is 0.328. The van der Waals surface area contributed by atoms with Crippen molar-refractivity contribution in [2.75, 3.05) is 23.7 Å². The van der Waals surface area contributed by atoms with E-state index in [-0.39, 0.29) is 12.1 Å². The summed E-state index contributed by atoms with van der Waals surface area (Å²) in [7, 11) is 0. The van der Waals surface area contributed by atoms with Crippen LogP contribution < -0.4 is 16.0 Å². The number of ether oxygens (including phenoxy) is 2. The first-order valence-electron chi connectivity index (χ1n) is 11.6. The van der Waals surface area contributed by atoms with Gasteiger partial charge in [0.2, 0.25) is 5.90 Å². The van der Waals surface area contributed by atoms with E-state index in [1.165, 1.54) is 0 Å². The molecule has 35 heavy (non-hydrogen) atoms. The van der Waals surface area contributed by atoms with Crippen LogP contribution in [-0.4, -0.2) is 57.4 Å². The lowest BCUT2D eigenvalue weighted by atomic mass is 10.2. The zero-order valence-corrected chi connectivity index (χ0v) is 20.7. The Kier molecular flexibility index (Phi) is 8.31. The smallest absolute Gasteiger partial charge is 0.407 e. The number of alkyl carbamates (subject to hydrolysis) is 1. The van der Waals surface area contributed by atoms with Crippen molar-refractivity contribution in [2.24, 2.45) is 4.99 Å². The zero-order chi connectivity index (χ0) is 25.6. The van der Waals surface area contributed by atoms with Crippen molar-refractivity contribution in [3.05, 3.63) is 43.1 Å². The molecule has 2 aromatic heterocycles. The van der Waals surface area contributed by atoms with Gasteiger partial charge >= 0.3 is 6.09 Å². The normalized spacial score (nSPS) is 18.0. The van der Waals surface area contributed by atoms with Crippen LogP contribution in [0.15, 0.2) is 48.1 Å². The Hall–Kier alpha value is -3.63. The molecule has 190 valence electrons. The molecule has 10 nitrogen and oxygen atoms in total. The standard InChI is InChI=1S/C24H34FN7O3/c1-6-17(25)14-28-22(34-16(2)9-11-27-23(33)35-24(3,4)5)19-8-7-12-31(19)20-10-13-32-21(30-20)18(26)15-29-32/h6,10,13-16,19H,1,7-9,11-12,26H2,2-5H3,(H,27,33)/b17-14+,28-22+/t16-,19?/m0/s1. The summed E-state index contributed by atoms with van der Waals surface area (Å²) in [5.41, 5.74) is 6.46. The van der Waals surface area contributed by atoms with Crippen LogP contribution in [0.1, 0.15) is 47.0 Å². The molecule has 1 saturated heterocycles. The van der Waals surface area contributed by atoms with Crippen LogP contribution in [0, 0.1) is 0 Å². The lowest BCUT2D eigenvalue weighted by Crippen LogP contribution is -2.40. The molecule has 1 aliphatic heterocycles. The molecule has 1 fully saturated rings. The van der Waals surface area contributed by atoms with E-state index in [1.54, 1.807) is 37.7 Å². The van der Waals surface area contributed by atoms with E-state index < -0.39 is 17.5 Å². The topological polar surface area (TPSA) is 119 Å². The number of rotatable bonds is 8. The van der Waals surface area contributed by atoms with Gasteiger partial charge in [0, 0.05) is 25.7 Å². The predicted molar refractivity (Wildman–Crippen MR) is 134 cm³/mol. The van der Waals surface area contributed by atoms with Gasteiger partial charge in [0.05, 0.1) is 24.2 Å². The van der Waals surface area contributed by atoms with Gasteiger partial charge in [-0.25, -0.2) is 23.7 Å². The van der Waals surface area contributed by atoms with Crippen LogP contribution in [0.5, 0.6) is 0 Å². The molecule has 1 aliphatic rings. The molecule has 0 saturated carbocycles. The first kappa shape index (κ1) is 26.0. The molecule has 3 rings (SSSR count). The second-order valence-electron chi connectivity index (χ2n) is 9.34. The number of carbonyl (C=O) groups is 1. The van der Waals surface area contributed by atoms with Gasteiger partial charge in [-0.2, -0.15) is 5.10 Å². The molecule has 0 spiro atoms. The zero-order valence-electron chi connectivity index (χ0n) is 20.7. The number of anilines is 2. The number of nitrogens with zero attached hydrogens (tertiary/aromatic N) is 5. The molecule has 0 aromatic carbocycles. The first-order valence-corrected chi connectivity index (χ1v) is 11.6. The number of allylic oxidation sites excluding steroid dienone is 2. The van der Waals surface area contributed by atoms with E-state index in [2.05, 4.69) is 31.9 Å². The minimum atomic E-state index is -0.571. The van der Waals surface area contributed by atoms with E-state index in [4.69, 9.17) is 15.2 Å². The number of aliphatic imine (C=N–C) groups is 1. The van der Waals surface area contributed by atoms with Crippen LogP contribution in [0.2, 0.25) is 0 Å². The molecule has 0 radical (unpaired) electrons. The molecule has 3 N–H and O–H groups in total. The summed E-state index contributed by atoms with van der Waals surface area (Å²) in [6.07, 6.45) is 6.89. The van der Waals surface area contributed by atoms with Crippen LogP contribution in [-0.2, 0) is 9.47 Å². The molecule has 1 amide bonds. The molecule has 2 atom stereocenters. The van der Waals surface area contributed by atoms with Crippen molar-refractivity contribution < 1.29 is 18.7 Å². The Labute approximate surface area is 204 Å². The largest absolute Gasteiger partial charge is 0.476 e. The van der Waals surface area contributed by atoms with Crippen molar-refractivity contribution in [3.63, 3.8) is 0 Å². The fourth-order valence-corrected chi connectivity index (χ4v) is 3.66. The number of hydrogen-bond acceptors (Lipinski definition) is 8. The summed E-state index contributed by atoms with van der Waals surface area (Å²) in [5, 5.41) is 6.88. The fraction of sp³-hybridized carbons (Fsp3) is 0.500. The second-order valence-corrected chi connectivity index (χ2v) is 9.34. The molecule has 11 heteroatoms. The average molecular weight is 488 g/mol. The van der Waals surface area contributed by atoms with Crippen molar-refractivity contribution in [2.45, 2.75) is 64.7 Å². The van der Waals surface area contributed by atoms with Crippen LogP contribution in [0.4, 0.5) is 20.7 Å². The minimum absolute atomic E-state index is 0.246. The maximum atomic E-state index is 13.8. The van der Waals surface area contributed by atoms with Gasteiger partial charge < -0.3 is 25.4 Å². The van der Waals surface area contributed by atoms with Crippen molar-refractivity contribution >= 4 is 29.1 Å². The van der Waals surface area contributed by atoms with Gasteiger partial charge in [-0.05, 0) is 52.7 Å². The van der Waals surface area contributed by atoms with Crippen molar-refractivity contribution in [1.82, 2.24) is 19.9 Å². The monoisotopic (exact) mass is 487 g/mol. The van der Waals surface area contributed by atoms with Gasteiger partial charge in [-0.1, -0.05) is 6.58 Å². The summed E-state index contributed by atoms with van der Waals surface area (Å²) >= 11 is 0. The number of nitrogens with two attached hydrogens (primary N) is 1. The first-order chi connectivity index (χ1) is 16.6. The van der Waals surface area contributed by atoms with Crippen LogP contribution in [0.3, 0.4) is 0 Å². The van der Waals surface area contributed by atoms with Crippen molar-refractivity contribution in [1.29, 1.82) is 0 Å². The van der Waals surface area contributed by atoms with Gasteiger partial charge in [0.25, 0.3) is 0 Å². The van der Waals surface area contributed by atoms with Gasteiger partial charge in [-0.3, -0.25) is 0 Å². The molecule has 2 aromatic rings.